The van der Waals surface area contributed by atoms with E-state index in [1.165, 1.54) is 34.4 Å². The lowest BCUT2D eigenvalue weighted by molar-refractivity contribution is -0.384. The predicted molar refractivity (Wildman–Crippen MR) is 116 cm³/mol. The molecule has 0 atom stereocenters. The Kier molecular flexibility index (Phi) is 6.57. The van der Waals surface area contributed by atoms with E-state index < -0.39 is 10.8 Å². The van der Waals surface area contributed by atoms with E-state index in [0.29, 0.717) is 24.0 Å². The fourth-order valence-corrected chi connectivity index (χ4v) is 4.42. The quantitative estimate of drug-likeness (QED) is 0.303. The predicted octanol–water partition coefficient (Wildman–Crippen LogP) is 4.71. The molecule has 0 spiro atoms. The van der Waals surface area contributed by atoms with E-state index >= 15 is 0 Å². The van der Waals surface area contributed by atoms with Gasteiger partial charge in [0, 0.05) is 52.2 Å². The third-order valence-electron chi connectivity index (χ3n) is 4.12. The first-order valence-corrected chi connectivity index (χ1v) is 10.4. The van der Waals surface area contributed by atoms with Crippen molar-refractivity contribution in [2.24, 2.45) is 0 Å². The maximum atomic E-state index is 12.8. The molecule has 0 aliphatic heterocycles. The summed E-state index contributed by atoms with van der Waals surface area (Å²) in [7, 11) is 1.57. The molecule has 8 nitrogen and oxygen atoms in total. The number of aromatic nitrogens is 1. The average Bonchev–Trinajstić information content (AvgIpc) is 3.27. The van der Waals surface area contributed by atoms with Crippen molar-refractivity contribution in [2.45, 2.75) is 13.8 Å². The van der Waals surface area contributed by atoms with Crippen molar-refractivity contribution in [3.63, 3.8) is 0 Å². The number of non-ortho nitro benzene ring substituents is 1. The molecule has 0 saturated heterocycles. The Bertz CT molecular complexity index is 1040. The molecule has 1 amide bonds. The van der Waals surface area contributed by atoms with Crippen LogP contribution in [0.1, 0.15) is 20.1 Å². The van der Waals surface area contributed by atoms with Crippen molar-refractivity contribution in [2.75, 3.05) is 30.9 Å². The maximum Gasteiger partial charge on any atom is 0.270 e. The van der Waals surface area contributed by atoms with Crippen LogP contribution in [0.5, 0.6) is 0 Å². The summed E-state index contributed by atoms with van der Waals surface area (Å²) in [6.45, 7) is 4.97. The zero-order valence-corrected chi connectivity index (χ0v) is 17.8. The van der Waals surface area contributed by atoms with Crippen LogP contribution in [0.4, 0.5) is 16.5 Å². The number of aryl methyl sites for hydroxylation is 2. The van der Waals surface area contributed by atoms with Crippen LogP contribution in [0.25, 0.3) is 11.3 Å². The van der Waals surface area contributed by atoms with Crippen molar-refractivity contribution in [1.82, 2.24) is 4.98 Å². The number of amides is 1. The van der Waals surface area contributed by atoms with Crippen LogP contribution in [0.2, 0.25) is 0 Å². The van der Waals surface area contributed by atoms with E-state index in [-0.39, 0.29) is 11.3 Å². The minimum absolute atomic E-state index is 0.156. The molecule has 3 rings (SSSR count). The molecule has 1 aromatic carbocycles. The summed E-state index contributed by atoms with van der Waals surface area (Å²) in [5, 5.41) is 19.3. The highest BCUT2D eigenvalue weighted by molar-refractivity contribution is 7.14. The molecule has 29 heavy (non-hydrogen) atoms. The van der Waals surface area contributed by atoms with Crippen LogP contribution in [0.15, 0.2) is 29.6 Å². The van der Waals surface area contributed by atoms with Gasteiger partial charge in [0.2, 0.25) is 0 Å². The molecule has 0 bridgehead atoms. The number of thiophene rings is 1. The van der Waals surface area contributed by atoms with E-state index in [4.69, 9.17) is 4.74 Å². The van der Waals surface area contributed by atoms with Crippen LogP contribution in [-0.2, 0) is 4.74 Å². The number of hydrogen-bond acceptors (Lipinski definition) is 8. The second-order valence-corrected chi connectivity index (χ2v) is 8.54. The molecular formula is C19H20N4O4S2. The Morgan fingerprint density at radius 2 is 2.10 bits per heavy atom. The Morgan fingerprint density at radius 3 is 2.76 bits per heavy atom. The molecule has 10 heteroatoms. The van der Waals surface area contributed by atoms with Gasteiger partial charge in [0.25, 0.3) is 11.6 Å². The molecule has 2 N–H and O–H groups in total. The van der Waals surface area contributed by atoms with Gasteiger partial charge in [0.05, 0.1) is 22.8 Å². The van der Waals surface area contributed by atoms with Crippen LogP contribution >= 0.6 is 22.7 Å². The lowest BCUT2D eigenvalue weighted by atomic mass is 10.1. The summed E-state index contributed by atoms with van der Waals surface area (Å²) in [5.41, 5.74) is 2.35. The normalized spacial score (nSPS) is 10.7. The maximum absolute atomic E-state index is 12.8. The Morgan fingerprint density at radius 1 is 1.31 bits per heavy atom. The molecular weight excluding hydrogens is 412 g/mol. The summed E-state index contributed by atoms with van der Waals surface area (Å²) in [6.07, 6.45) is 0. The van der Waals surface area contributed by atoms with Crippen molar-refractivity contribution >= 4 is 45.1 Å². The number of carbonyl (C=O) groups excluding carboxylic acids is 1. The highest BCUT2D eigenvalue weighted by Gasteiger charge is 2.18. The zero-order chi connectivity index (χ0) is 21.0. The SMILES string of the molecule is COCCNc1ccc([N+](=O)[O-])cc1C(=O)Nc1nc(-c2cc(C)sc2C)cs1. The smallest absolute Gasteiger partial charge is 0.270 e. The summed E-state index contributed by atoms with van der Waals surface area (Å²) < 4.78 is 5.00. The number of anilines is 2. The summed E-state index contributed by atoms with van der Waals surface area (Å²) in [5.74, 6) is -0.465. The number of benzene rings is 1. The van der Waals surface area contributed by atoms with Crippen molar-refractivity contribution in [3.05, 3.63) is 55.1 Å². The minimum atomic E-state index is -0.529. The molecule has 0 fully saturated rings. The number of nitrogens with zero attached hydrogens (tertiary/aromatic N) is 2. The number of nitro benzene ring substituents is 1. The summed E-state index contributed by atoms with van der Waals surface area (Å²) in [6, 6.07) is 6.20. The van der Waals surface area contributed by atoms with Gasteiger partial charge < -0.3 is 10.1 Å². The average molecular weight is 433 g/mol. The Hall–Kier alpha value is -2.82. The molecule has 3 aromatic rings. The number of carbonyl (C=O) groups is 1. The highest BCUT2D eigenvalue weighted by atomic mass is 32.1. The summed E-state index contributed by atoms with van der Waals surface area (Å²) in [4.78, 5) is 30.3. The van der Waals surface area contributed by atoms with E-state index in [1.54, 1.807) is 18.4 Å². The van der Waals surface area contributed by atoms with E-state index in [0.717, 1.165) is 16.1 Å². The fourth-order valence-electron chi connectivity index (χ4n) is 2.78. The largest absolute Gasteiger partial charge is 0.383 e. The first-order valence-electron chi connectivity index (χ1n) is 8.74. The molecule has 0 unspecified atom stereocenters. The third-order valence-corrected chi connectivity index (χ3v) is 5.85. The Balaban J connectivity index is 1.83. The molecule has 0 saturated carbocycles. The van der Waals surface area contributed by atoms with Gasteiger partial charge in [0.15, 0.2) is 5.13 Å². The van der Waals surface area contributed by atoms with Gasteiger partial charge in [-0.15, -0.1) is 22.7 Å². The second-order valence-electron chi connectivity index (χ2n) is 6.23. The number of hydrogen-bond donors (Lipinski definition) is 2. The third kappa shape index (κ3) is 4.97. The van der Waals surface area contributed by atoms with E-state index in [1.807, 2.05) is 19.2 Å². The topological polar surface area (TPSA) is 106 Å². The number of ether oxygens (including phenoxy) is 1. The van der Waals surface area contributed by atoms with E-state index in [2.05, 4.69) is 21.7 Å². The summed E-state index contributed by atoms with van der Waals surface area (Å²) >= 11 is 3.01. The Labute approximate surface area is 175 Å². The standard InChI is InChI=1S/C19H20N4O4S2/c1-11-8-14(12(2)29-11)17-10-28-19(21-17)22-18(24)15-9-13(23(25)26)4-5-16(15)20-6-7-27-3/h4-5,8-10,20H,6-7H2,1-3H3,(H,21,22,24). The van der Waals surface area contributed by atoms with Gasteiger partial charge in [0.1, 0.15) is 0 Å². The van der Waals surface area contributed by atoms with Gasteiger partial charge in [-0.25, -0.2) is 4.98 Å². The number of nitrogens with one attached hydrogen (secondary N) is 2. The highest BCUT2D eigenvalue weighted by Crippen LogP contribution is 2.33. The first-order chi connectivity index (χ1) is 13.9. The molecule has 2 heterocycles. The van der Waals surface area contributed by atoms with Crippen LogP contribution in [0, 0.1) is 24.0 Å². The van der Waals surface area contributed by atoms with E-state index in [9.17, 15) is 14.9 Å². The van der Waals surface area contributed by atoms with Gasteiger partial charge in [-0.2, -0.15) is 0 Å². The number of nitro groups is 1. The molecule has 0 radical (unpaired) electrons. The van der Waals surface area contributed by atoms with Crippen LogP contribution in [0.3, 0.4) is 0 Å². The van der Waals surface area contributed by atoms with Gasteiger partial charge in [-0.05, 0) is 26.0 Å². The second kappa shape index (κ2) is 9.12. The lowest BCUT2D eigenvalue weighted by Crippen LogP contribution is -2.16. The minimum Gasteiger partial charge on any atom is -0.383 e. The van der Waals surface area contributed by atoms with Crippen molar-refractivity contribution in [3.8, 4) is 11.3 Å². The van der Waals surface area contributed by atoms with Gasteiger partial charge in [-0.1, -0.05) is 0 Å². The number of rotatable bonds is 8. The lowest BCUT2D eigenvalue weighted by Gasteiger charge is -2.11. The fraction of sp³-hybridized carbons (Fsp3) is 0.263. The van der Waals surface area contributed by atoms with Crippen molar-refractivity contribution in [1.29, 1.82) is 0 Å². The molecule has 0 aliphatic rings. The molecule has 0 aliphatic carbocycles. The van der Waals surface area contributed by atoms with Crippen molar-refractivity contribution < 1.29 is 14.5 Å². The monoisotopic (exact) mass is 432 g/mol. The number of thiazole rings is 1. The molecule has 152 valence electrons. The van der Waals surface area contributed by atoms with Crippen LogP contribution < -0.4 is 10.6 Å². The first kappa shape index (κ1) is 20.9. The van der Waals surface area contributed by atoms with Gasteiger partial charge >= 0.3 is 0 Å². The van der Waals surface area contributed by atoms with Gasteiger partial charge in [-0.3, -0.25) is 20.2 Å². The number of methoxy groups -OCH3 is 1. The zero-order valence-electron chi connectivity index (χ0n) is 16.1. The van der Waals surface area contributed by atoms with Crippen LogP contribution in [-0.4, -0.2) is 36.1 Å². The molecule has 2 aromatic heterocycles.